The molecule has 0 spiro atoms. The summed E-state index contributed by atoms with van der Waals surface area (Å²) in [6.07, 6.45) is 9.24. The highest BCUT2D eigenvalue weighted by molar-refractivity contribution is 5.16. The molecule has 1 aromatic rings. The molecule has 0 bridgehead atoms. The summed E-state index contributed by atoms with van der Waals surface area (Å²) in [5.74, 6) is 0.696. The Morgan fingerprint density at radius 2 is 2.06 bits per heavy atom. The maximum absolute atomic E-state index is 9.00. The molecule has 0 saturated heterocycles. The summed E-state index contributed by atoms with van der Waals surface area (Å²) < 4.78 is 0. The molecule has 18 heavy (non-hydrogen) atoms. The summed E-state index contributed by atoms with van der Waals surface area (Å²) in [6, 6.07) is 11.1. The Morgan fingerprint density at radius 3 is 2.72 bits per heavy atom. The largest absolute Gasteiger partial charge is 0.395 e. The van der Waals surface area contributed by atoms with E-state index in [1.54, 1.807) is 0 Å². The van der Waals surface area contributed by atoms with Crippen molar-refractivity contribution >= 4 is 0 Å². The summed E-state index contributed by atoms with van der Waals surface area (Å²) in [4.78, 5) is 0. The van der Waals surface area contributed by atoms with E-state index in [0.29, 0.717) is 18.5 Å². The number of allylic oxidation sites excluding steroid dienone is 2. The van der Waals surface area contributed by atoms with Crippen molar-refractivity contribution in [1.29, 1.82) is 0 Å². The minimum atomic E-state index is 0.216. The zero-order valence-electron chi connectivity index (χ0n) is 10.9. The lowest BCUT2D eigenvalue weighted by molar-refractivity contribution is 0.260. The van der Waals surface area contributed by atoms with Crippen LogP contribution in [-0.2, 0) is 6.42 Å². The third kappa shape index (κ3) is 3.97. The van der Waals surface area contributed by atoms with Crippen LogP contribution in [0.5, 0.6) is 0 Å². The lowest BCUT2D eigenvalue weighted by Crippen LogP contribution is -2.40. The molecule has 0 heterocycles. The Hall–Kier alpha value is -1.12. The highest BCUT2D eigenvalue weighted by Crippen LogP contribution is 2.24. The van der Waals surface area contributed by atoms with Gasteiger partial charge in [0.25, 0.3) is 0 Å². The van der Waals surface area contributed by atoms with Gasteiger partial charge in [0.05, 0.1) is 6.61 Å². The highest BCUT2D eigenvalue weighted by atomic mass is 16.3. The zero-order chi connectivity index (χ0) is 12.6. The molecule has 1 aromatic carbocycles. The fraction of sp³-hybridized carbons (Fsp3) is 0.500. The highest BCUT2D eigenvalue weighted by Gasteiger charge is 2.21. The average molecular weight is 245 g/mol. The summed E-state index contributed by atoms with van der Waals surface area (Å²) in [7, 11) is 0. The Morgan fingerprint density at radius 1 is 1.22 bits per heavy atom. The van der Waals surface area contributed by atoms with Crippen molar-refractivity contribution in [2.45, 2.75) is 31.7 Å². The van der Waals surface area contributed by atoms with E-state index < -0.39 is 0 Å². The third-order valence-electron chi connectivity index (χ3n) is 3.70. The predicted octanol–water partition coefficient (Wildman–Crippen LogP) is 2.54. The molecule has 0 amide bonds. The minimum absolute atomic E-state index is 0.216. The molecule has 2 heteroatoms. The second-order valence-corrected chi connectivity index (χ2v) is 5.02. The van der Waals surface area contributed by atoms with Crippen LogP contribution in [-0.4, -0.2) is 24.3 Å². The van der Waals surface area contributed by atoms with E-state index in [1.165, 1.54) is 18.4 Å². The molecule has 2 atom stereocenters. The van der Waals surface area contributed by atoms with Gasteiger partial charge < -0.3 is 10.4 Å². The third-order valence-corrected chi connectivity index (χ3v) is 3.70. The van der Waals surface area contributed by atoms with Crippen LogP contribution >= 0.6 is 0 Å². The van der Waals surface area contributed by atoms with E-state index in [4.69, 9.17) is 5.11 Å². The Bertz CT molecular complexity index is 361. The van der Waals surface area contributed by atoms with Gasteiger partial charge in [-0.1, -0.05) is 42.5 Å². The first kappa shape index (κ1) is 13.3. The molecule has 1 aliphatic rings. The van der Waals surface area contributed by atoms with E-state index in [0.717, 1.165) is 12.8 Å². The summed E-state index contributed by atoms with van der Waals surface area (Å²) in [5.41, 5.74) is 1.38. The van der Waals surface area contributed by atoms with E-state index in [9.17, 15) is 0 Å². The van der Waals surface area contributed by atoms with Crippen LogP contribution < -0.4 is 5.32 Å². The second kappa shape index (κ2) is 7.34. The van der Waals surface area contributed by atoms with E-state index in [1.807, 2.05) is 0 Å². The fourth-order valence-electron chi connectivity index (χ4n) is 2.71. The average Bonchev–Trinajstić information content (AvgIpc) is 2.45. The Balaban J connectivity index is 1.97. The number of benzene rings is 1. The normalized spacial score (nSPS) is 20.8. The molecule has 0 aliphatic heterocycles. The minimum Gasteiger partial charge on any atom is -0.395 e. The molecule has 2 N–H and O–H groups in total. The monoisotopic (exact) mass is 245 g/mol. The van der Waals surface area contributed by atoms with Crippen molar-refractivity contribution in [3.63, 3.8) is 0 Å². The van der Waals surface area contributed by atoms with Crippen molar-refractivity contribution in [2.24, 2.45) is 5.92 Å². The van der Waals surface area contributed by atoms with Gasteiger partial charge in [0, 0.05) is 12.6 Å². The van der Waals surface area contributed by atoms with Gasteiger partial charge in [-0.05, 0) is 37.2 Å². The summed E-state index contributed by atoms with van der Waals surface area (Å²) >= 11 is 0. The standard InChI is InChI=1S/C16H23NO/c18-12-11-17-16(15-9-5-2-6-10-15)13-14-7-3-1-4-8-14/h1-5,7-8,15-18H,6,9-13H2/t15-,16-/m1/s1. The van der Waals surface area contributed by atoms with Crippen molar-refractivity contribution in [1.82, 2.24) is 5.32 Å². The van der Waals surface area contributed by atoms with Gasteiger partial charge in [0.1, 0.15) is 0 Å². The smallest absolute Gasteiger partial charge is 0.0556 e. The molecule has 0 saturated carbocycles. The topological polar surface area (TPSA) is 32.3 Å². The van der Waals surface area contributed by atoms with Crippen LogP contribution in [0.3, 0.4) is 0 Å². The molecular weight excluding hydrogens is 222 g/mol. The molecule has 2 nitrogen and oxygen atoms in total. The second-order valence-electron chi connectivity index (χ2n) is 5.02. The van der Waals surface area contributed by atoms with Gasteiger partial charge in [-0.2, -0.15) is 0 Å². The molecule has 0 radical (unpaired) electrons. The SMILES string of the molecule is OCCN[C@H](Cc1ccccc1)[C@@H]1CC=CCC1. The van der Waals surface area contributed by atoms with Crippen molar-refractivity contribution < 1.29 is 5.11 Å². The maximum Gasteiger partial charge on any atom is 0.0556 e. The quantitative estimate of drug-likeness (QED) is 0.755. The fourth-order valence-corrected chi connectivity index (χ4v) is 2.71. The first-order valence-corrected chi connectivity index (χ1v) is 6.93. The lowest BCUT2D eigenvalue weighted by atomic mass is 9.84. The van der Waals surface area contributed by atoms with E-state index in [2.05, 4.69) is 47.8 Å². The van der Waals surface area contributed by atoms with E-state index in [-0.39, 0.29) is 6.61 Å². The summed E-state index contributed by atoms with van der Waals surface area (Å²) in [5, 5.41) is 12.5. The Kier molecular flexibility index (Phi) is 5.43. The molecule has 0 unspecified atom stereocenters. The van der Waals surface area contributed by atoms with Gasteiger partial charge in [-0.25, -0.2) is 0 Å². The number of nitrogens with one attached hydrogen (secondary N) is 1. The lowest BCUT2D eigenvalue weighted by Gasteiger charge is -2.29. The van der Waals surface area contributed by atoms with Crippen LogP contribution in [0.1, 0.15) is 24.8 Å². The summed E-state index contributed by atoms with van der Waals surface area (Å²) in [6.45, 7) is 0.908. The maximum atomic E-state index is 9.00. The number of hydrogen-bond acceptors (Lipinski definition) is 2. The van der Waals surface area contributed by atoms with Gasteiger partial charge in [-0.15, -0.1) is 0 Å². The van der Waals surface area contributed by atoms with Crippen LogP contribution in [0.2, 0.25) is 0 Å². The molecule has 2 rings (SSSR count). The molecule has 1 aliphatic carbocycles. The van der Waals surface area contributed by atoms with Crippen LogP contribution in [0.4, 0.5) is 0 Å². The molecule has 0 aromatic heterocycles. The molecule has 0 fully saturated rings. The van der Waals surface area contributed by atoms with Crippen molar-refractivity contribution in [2.75, 3.05) is 13.2 Å². The first-order valence-electron chi connectivity index (χ1n) is 6.93. The molecular formula is C16H23NO. The zero-order valence-corrected chi connectivity index (χ0v) is 10.9. The van der Waals surface area contributed by atoms with Gasteiger partial charge in [0.15, 0.2) is 0 Å². The number of aliphatic hydroxyl groups excluding tert-OH is 1. The first-order chi connectivity index (χ1) is 8.90. The molecule has 98 valence electrons. The van der Waals surface area contributed by atoms with Crippen LogP contribution in [0.15, 0.2) is 42.5 Å². The van der Waals surface area contributed by atoms with Gasteiger partial charge in [0.2, 0.25) is 0 Å². The van der Waals surface area contributed by atoms with E-state index >= 15 is 0 Å². The van der Waals surface area contributed by atoms with Gasteiger partial charge in [-0.3, -0.25) is 0 Å². The number of hydrogen-bond donors (Lipinski definition) is 2. The number of aliphatic hydroxyl groups is 1. The van der Waals surface area contributed by atoms with Crippen molar-refractivity contribution in [3.8, 4) is 0 Å². The Labute approximate surface area is 110 Å². The van der Waals surface area contributed by atoms with Gasteiger partial charge >= 0.3 is 0 Å². The predicted molar refractivity (Wildman–Crippen MR) is 75.5 cm³/mol. The van der Waals surface area contributed by atoms with Crippen molar-refractivity contribution in [3.05, 3.63) is 48.0 Å². The van der Waals surface area contributed by atoms with Crippen LogP contribution in [0.25, 0.3) is 0 Å². The number of rotatable bonds is 6. The van der Waals surface area contributed by atoms with Crippen LogP contribution in [0, 0.1) is 5.92 Å².